The van der Waals surface area contributed by atoms with E-state index in [0.29, 0.717) is 11.8 Å². The Hall–Kier alpha value is -1.77. The van der Waals surface area contributed by atoms with Crippen LogP contribution in [0, 0.1) is 17.8 Å². The van der Waals surface area contributed by atoms with Crippen LogP contribution in [0.15, 0.2) is 36.4 Å². The quantitative estimate of drug-likeness (QED) is 0.853. The van der Waals surface area contributed by atoms with E-state index in [0.717, 1.165) is 17.9 Å². The average molecular weight is 271 g/mol. The van der Waals surface area contributed by atoms with Gasteiger partial charge in [-0.3, -0.25) is 4.79 Å². The standard InChI is InChI=1S/C17H21NO2/c1-20-13-8-6-7-12(11-13)18-17(19)16-14-9-4-2-3-5-10-15(14)16/h4,6-9,11,14-16H,2-3,5,10H2,1H3,(H,18,19)/b9-4+/t14-,15+,16-/m1/s1. The molecular weight excluding hydrogens is 250 g/mol. The van der Waals surface area contributed by atoms with Crippen LogP contribution in [0.1, 0.15) is 25.7 Å². The molecule has 0 aliphatic heterocycles. The number of anilines is 1. The Balaban J connectivity index is 1.65. The number of nitrogens with one attached hydrogen (secondary N) is 1. The molecule has 2 aliphatic carbocycles. The van der Waals surface area contributed by atoms with Gasteiger partial charge in [0.05, 0.1) is 7.11 Å². The van der Waals surface area contributed by atoms with E-state index in [9.17, 15) is 4.79 Å². The maximum atomic E-state index is 12.4. The zero-order valence-electron chi connectivity index (χ0n) is 11.8. The molecule has 0 aromatic heterocycles. The van der Waals surface area contributed by atoms with E-state index in [1.165, 1.54) is 19.3 Å². The second-order valence-corrected chi connectivity index (χ2v) is 5.70. The number of allylic oxidation sites excluding steroid dienone is 2. The first kappa shape index (κ1) is 13.2. The van der Waals surface area contributed by atoms with E-state index in [1.54, 1.807) is 7.11 Å². The Morgan fingerprint density at radius 3 is 3.10 bits per heavy atom. The van der Waals surface area contributed by atoms with Crippen LogP contribution in [0.5, 0.6) is 5.75 Å². The molecule has 1 saturated carbocycles. The summed E-state index contributed by atoms with van der Waals surface area (Å²) in [4.78, 5) is 12.4. The van der Waals surface area contributed by atoms with Crippen molar-refractivity contribution in [1.29, 1.82) is 0 Å². The van der Waals surface area contributed by atoms with E-state index < -0.39 is 0 Å². The van der Waals surface area contributed by atoms with Gasteiger partial charge in [-0.25, -0.2) is 0 Å². The summed E-state index contributed by atoms with van der Waals surface area (Å²) in [5.74, 6) is 2.10. The second kappa shape index (κ2) is 5.70. The number of hydrogen-bond donors (Lipinski definition) is 1. The van der Waals surface area contributed by atoms with Crippen molar-refractivity contribution in [2.24, 2.45) is 17.8 Å². The number of carbonyl (C=O) groups excluding carboxylic acids is 1. The number of ether oxygens (including phenoxy) is 1. The molecule has 1 aromatic carbocycles. The predicted octanol–water partition coefficient (Wildman–Crippen LogP) is 3.63. The van der Waals surface area contributed by atoms with Crippen LogP contribution < -0.4 is 10.1 Å². The van der Waals surface area contributed by atoms with Gasteiger partial charge in [0.2, 0.25) is 5.91 Å². The number of fused-ring (bicyclic) bond motifs is 1. The first-order chi connectivity index (χ1) is 9.79. The number of amides is 1. The van der Waals surface area contributed by atoms with Crippen LogP contribution >= 0.6 is 0 Å². The third-order valence-corrected chi connectivity index (χ3v) is 4.39. The number of rotatable bonds is 3. The van der Waals surface area contributed by atoms with E-state index in [1.807, 2.05) is 24.3 Å². The molecule has 0 saturated heterocycles. The lowest BCUT2D eigenvalue weighted by molar-refractivity contribution is -0.117. The highest BCUT2D eigenvalue weighted by atomic mass is 16.5. The summed E-state index contributed by atoms with van der Waals surface area (Å²) in [5, 5.41) is 3.02. The molecular formula is C17H21NO2. The van der Waals surface area contributed by atoms with Crippen LogP contribution in [-0.4, -0.2) is 13.0 Å². The molecule has 3 rings (SSSR count). The number of carbonyl (C=O) groups is 1. The van der Waals surface area contributed by atoms with E-state index in [2.05, 4.69) is 17.5 Å². The highest BCUT2D eigenvalue weighted by Gasteiger charge is 2.52. The summed E-state index contributed by atoms with van der Waals surface area (Å²) >= 11 is 0. The molecule has 3 nitrogen and oxygen atoms in total. The number of methoxy groups -OCH3 is 1. The first-order valence-corrected chi connectivity index (χ1v) is 7.41. The molecule has 1 aromatic rings. The van der Waals surface area contributed by atoms with Gasteiger partial charge < -0.3 is 10.1 Å². The van der Waals surface area contributed by atoms with Crippen molar-refractivity contribution in [3.63, 3.8) is 0 Å². The Morgan fingerprint density at radius 1 is 1.35 bits per heavy atom. The van der Waals surface area contributed by atoms with Crippen molar-refractivity contribution in [3.05, 3.63) is 36.4 Å². The van der Waals surface area contributed by atoms with E-state index >= 15 is 0 Å². The van der Waals surface area contributed by atoms with Crippen molar-refractivity contribution in [3.8, 4) is 5.75 Å². The van der Waals surface area contributed by atoms with Crippen LogP contribution in [-0.2, 0) is 4.79 Å². The largest absolute Gasteiger partial charge is 0.497 e. The second-order valence-electron chi connectivity index (χ2n) is 5.70. The highest BCUT2D eigenvalue weighted by molar-refractivity contribution is 5.95. The minimum atomic E-state index is 0.153. The Labute approximate surface area is 120 Å². The van der Waals surface area contributed by atoms with Crippen molar-refractivity contribution in [2.75, 3.05) is 12.4 Å². The fraction of sp³-hybridized carbons (Fsp3) is 0.471. The van der Waals surface area contributed by atoms with E-state index in [4.69, 9.17) is 4.74 Å². The van der Waals surface area contributed by atoms with Crippen molar-refractivity contribution >= 4 is 11.6 Å². The normalized spacial score (nSPS) is 29.6. The van der Waals surface area contributed by atoms with Gasteiger partial charge in [-0.05, 0) is 43.2 Å². The summed E-state index contributed by atoms with van der Waals surface area (Å²) in [7, 11) is 1.63. The minimum absolute atomic E-state index is 0.153. The van der Waals surface area contributed by atoms with E-state index in [-0.39, 0.29) is 11.8 Å². The van der Waals surface area contributed by atoms with Crippen LogP contribution in [0.3, 0.4) is 0 Å². The molecule has 1 amide bonds. The lowest BCUT2D eigenvalue weighted by Gasteiger charge is -2.06. The van der Waals surface area contributed by atoms with Crippen molar-refractivity contribution in [2.45, 2.75) is 25.7 Å². The molecule has 0 spiro atoms. The van der Waals surface area contributed by atoms with Gasteiger partial charge in [0, 0.05) is 17.7 Å². The maximum Gasteiger partial charge on any atom is 0.228 e. The average Bonchev–Trinajstić information content (AvgIpc) is 3.10. The zero-order valence-corrected chi connectivity index (χ0v) is 11.8. The van der Waals surface area contributed by atoms with Crippen LogP contribution in [0.4, 0.5) is 5.69 Å². The molecule has 20 heavy (non-hydrogen) atoms. The predicted molar refractivity (Wildman–Crippen MR) is 79.7 cm³/mol. The molecule has 0 radical (unpaired) electrons. The SMILES string of the molecule is COc1cccc(NC(=O)[C@@H]2[C@@H]3/C=C/CCCC[C@@H]32)c1. The van der Waals surface area contributed by atoms with Gasteiger partial charge in [0.15, 0.2) is 0 Å². The fourth-order valence-electron chi connectivity index (χ4n) is 3.23. The Morgan fingerprint density at radius 2 is 2.25 bits per heavy atom. The third kappa shape index (κ3) is 2.72. The lowest BCUT2D eigenvalue weighted by Crippen LogP contribution is -2.15. The minimum Gasteiger partial charge on any atom is -0.497 e. The van der Waals surface area contributed by atoms with Crippen LogP contribution in [0.2, 0.25) is 0 Å². The molecule has 3 atom stereocenters. The summed E-state index contributed by atoms with van der Waals surface area (Å²) in [6, 6.07) is 7.53. The molecule has 0 unspecified atom stereocenters. The van der Waals surface area contributed by atoms with Crippen molar-refractivity contribution in [1.82, 2.24) is 0 Å². The topological polar surface area (TPSA) is 38.3 Å². The van der Waals surface area contributed by atoms with Gasteiger partial charge in [-0.2, -0.15) is 0 Å². The molecule has 2 aliphatic rings. The maximum absolute atomic E-state index is 12.4. The molecule has 0 bridgehead atoms. The fourth-order valence-corrected chi connectivity index (χ4v) is 3.23. The monoisotopic (exact) mass is 271 g/mol. The van der Waals surface area contributed by atoms with Gasteiger partial charge in [-0.15, -0.1) is 0 Å². The highest BCUT2D eigenvalue weighted by Crippen LogP contribution is 2.51. The summed E-state index contributed by atoms with van der Waals surface area (Å²) in [6.45, 7) is 0. The van der Waals surface area contributed by atoms with Gasteiger partial charge in [0.1, 0.15) is 5.75 Å². The molecule has 0 heterocycles. The summed E-state index contributed by atoms with van der Waals surface area (Å²) in [6.07, 6.45) is 9.34. The Kier molecular flexibility index (Phi) is 3.77. The smallest absolute Gasteiger partial charge is 0.228 e. The van der Waals surface area contributed by atoms with Crippen LogP contribution in [0.25, 0.3) is 0 Å². The van der Waals surface area contributed by atoms with Gasteiger partial charge in [0.25, 0.3) is 0 Å². The molecule has 1 N–H and O–H groups in total. The summed E-state index contributed by atoms with van der Waals surface area (Å²) < 4.78 is 5.18. The third-order valence-electron chi connectivity index (χ3n) is 4.39. The van der Waals surface area contributed by atoms with Gasteiger partial charge >= 0.3 is 0 Å². The Bertz CT molecular complexity index is 523. The number of benzene rings is 1. The zero-order chi connectivity index (χ0) is 13.9. The number of hydrogen-bond acceptors (Lipinski definition) is 2. The molecule has 106 valence electrons. The first-order valence-electron chi connectivity index (χ1n) is 7.41. The summed E-state index contributed by atoms with van der Waals surface area (Å²) in [5.41, 5.74) is 0.817. The lowest BCUT2D eigenvalue weighted by atomic mass is 10.1. The molecule has 1 fully saturated rings. The molecule has 3 heteroatoms. The van der Waals surface area contributed by atoms with Crippen molar-refractivity contribution < 1.29 is 9.53 Å². The van der Waals surface area contributed by atoms with Gasteiger partial charge in [-0.1, -0.05) is 24.6 Å².